The molecule has 1 atom stereocenters. The molecule has 0 bridgehead atoms. The summed E-state index contributed by atoms with van der Waals surface area (Å²) in [6.07, 6.45) is -1.10. The van der Waals surface area contributed by atoms with Crippen molar-refractivity contribution < 1.29 is 23.8 Å². The van der Waals surface area contributed by atoms with Crippen molar-refractivity contribution in [1.82, 2.24) is 0 Å². The molecule has 0 fully saturated rings. The van der Waals surface area contributed by atoms with E-state index in [1.165, 1.54) is 19.1 Å². The van der Waals surface area contributed by atoms with Gasteiger partial charge < -0.3 is 14.6 Å². The van der Waals surface area contributed by atoms with Gasteiger partial charge in [0, 0.05) is 11.6 Å². The van der Waals surface area contributed by atoms with Crippen LogP contribution in [0.15, 0.2) is 18.2 Å². The van der Waals surface area contributed by atoms with Gasteiger partial charge in [0.2, 0.25) is 0 Å². The zero-order valence-electron chi connectivity index (χ0n) is 10.6. The minimum absolute atomic E-state index is 0.187. The minimum Gasteiger partial charge on any atom is -0.482 e. The Morgan fingerprint density at radius 1 is 1.39 bits per heavy atom. The van der Waals surface area contributed by atoms with Gasteiger partial charge in [0.15, 0.2) is 6.61 Å². The van der Waals surface area contributed by atoms with E-state index in [2.05, 4.69) is 0 Å². The normalized spacial score (nSPS) is 12.3. The van der Waals surface area contributed by atoms with E-state index >= 15 is 0 Å². The summed E-state index contributed by atoms with van der Waals surface area (Å²) >= 11 is 0. The lowest BCUT2D eigenvalue weighted by molar-refractivity contribution is -0.149. The van der Waals surface area contributed by atoms with Gasteiger partial charge in [-0.25, -0.2) is 9.18 Å². The fourth-order valence-electron chi connectivity index (χ4n) is 1.38. The van der Waals surface area contributed by atoms with Crippen LogP contribution in [0.5, 0.6) is 5.75 Å². The molecule has 4 nitrogen and oxygen atoms in total. The maximum Gasteiger partial charge on any atom is 0.344 e. The lowest BCUT2D eigenvalue weighted by Gasteiger charge is -2.11. The predicted octanol–water partition coefficient (Wildman–Crippen LogP) is 2.21. The average Bonchev–Trinajstić information content (AvgIpc) is 2.25. The van der Waals surface area contributed by atoms with Gasteiger partial charge in [-0.05, 0) is 32.9 Å². The third-order valence-electron chi connectivity index (χ3n) is 2.15. The smallest absolute Gasteiger partial charge is 0.344 e. The number of carbonyl (C=O) groups excluding carboxylic acids is 1. The van der Waals surface area contributed by atoms with Crippen molar-refractivity contribution in [3.8, 4) is 5.75 Å². The highest BCUT2D eigenvalue weighted by Gasteiger charge is 2.11. The van der Waals surface area contributed by atoms with E-state index in [9.17, 15) is 14.3 Å². The van der Waals surface area contributed by atoms with Crippen molar-refractivity contribution in [3.05, 3.63) is 29.6 Å². The molecule has 0 heterocycles. The van der Waals surface area contributed by atoms with Crippen LogP contribution in [-0.4, -0.2) is 23.8 Å². The van der Waals surface area contributed by atoms with Gasteiger partial charge in [-0.2, -0.15) is 0 Å². The number of rotatable bonds is 5. The molecule has 0 saturated carbocycles. The standard InChI is InChI=1S/C13H17FO4/c1-8(2)18-13(16)7-17-10-4-5-11(9(3)15)12(14)6-10/h4-6,8-9,15H,7H2,1-3H3/t9-/m0/s1. The molecule has 1 aromatic carbocycles. The first-order chi connectivity index (χ1) is 8.40. The number of hydrogen-bond acceptors (Lipinski definition) is 4. The zero-order chi connectivity index (χ0) is 13.7. The van der Waals surface area contributed by atoms with Crippen LogP contribution in [0.4, 0.5) is 4.39 Å². The Kier molecular flexibility index (Phi) is 5.09. The summed E-state index contributed by atoms with van der Waals surface area (Å²) < 4.78 is 23.4. The third kappa shape index (κ3) is 4.33. The molecule has 5 heteroatoms. The summed E-state index contributed by atoms with van der Waals surface area (Å²) in [6, 6.07) is 4.04. The van der Waals surface area contributed by atoms with Crippen molar-refractivity contribution in [2.45, 2.75) is 33.0 Å². The van der Waals surface area contributed by atoms with Gasteiger partial charge in [0.1, 0.15) is 11.6 Å². The van der Waals surface area contributed by atoms with Crippen LogP contribution >= 0.6 is 0 Å². The Balaban J connectivity index is 2.59. The number of benzene rings is 1. The molecule has 0 saturated heterocycles. The molecule has 0 amide bonds. The molecular weight excluding hydrogens is 239 g/mol. The maximum absolute atomic E-state index is 13.5. The summed E-state index contributed by atoms with van der Waals surface area (Å²) in [5.41, 5.74) is 0.187. The molecule has 100 valence electrons. The average molecular weight is 256 g/mol. The predicted molar refractivity (Wildman–Crippen MR) is 63.8 cm³/mol. The van der Waals surface area contributed by atoms with E-state index in [1.54, 1.807) is 13.8 Å². The lowest BCUT2D eigenvalue weighted by Crippen LogP contribution is -2.18. The monoisotopic (exact) mass is 256 g/mol. The molecule has 1 N–H and O–H groups in total. The van der Waals surface area contributed by atoms with Crippen molar-refractivity contribution in [3.63, 3.8) is 0 Å². The Morgan fingerprint density at radius 3 is 2.56 bits per heavy atom. The largest absolute Gasteiger partial charge is 0.482 e. The SMILES string of the molecule is CC(C)OC(=O)COc1ccc([C@H](C)O)c(F)c1. The van der Waals surface area contributed by atoms with Crippen molar-refractivity contribution >= 4 is 5.97 Å². The van der Waals surface area contributed by atoms with Crippen molar-refractivity contribution in [2.24, 2.45) is 0 Å². The van der Waals surface area contributed by atoms with Crippen LogP contribution in [0.1, 0.15) is 32.4 Å². The topological polar surface area (TPSA) is 55.8 Å². The Morgan fingerprint density at radius 2 is 2.06 bits per heavy atom. The second kappa shape index (κ2) is 6.35. The molecule has 0 aromatic heterocycles. The zero-order valence-corrected chi connectivity index (χ0v) is 10.6. The van der Waals surface area contributed by atoms with Crippen LogP contribution in [0.3, 0.4) is 0 Å². The van der Waals surface area contributed by atoms with Gasteiger partial charge in [0.25, 0.3) is 0 Å². The molecule has 18 heavy (non-hydrogen) atoms. The second-order valence-electron chi connectivity index (χ2n) is 4.19. The van der Waals surface area contributed by atoms with Crippen molar-refractivity contribution in [2.75, 3.05) is 6.61 Å². The molecule has 1 rings (SSSR count). The molecule has 0 aliphatic carbocycles. The summed E-state index contributed by atoms with van der Waals surface area (Å²) in [4.78, 5) is 11.2. The number of hydrogen-bond donors (Lipinski definition) is 1. The summed E-state index contributed by atoms with van der Waals surface area (Å²) in [6.45, 7) is 4.66. The summed E-state index contributed by atoms with van der Waals surface area (Å²) in [7, 11) is 0. The van der Waals surface area contributed by atoms with Gasteiger partial charge in [0.05, 0.1) is 12.2 Å². The fourth-order valence-corrected chi connectivity index (χ4v) is 1.38. The van der Waals surface area contributed by atoms with Crippen LogP contribution in [-0.2, 0) is 9.53 Å². The molecule has 0 aliphatic heterocycles. The van der Waals surface area contributed by atoms with E-state index in [-0.39, 0.29) is 24.0 Å². The first-order valence-electron chi connectivity index (χ1n) is 5.70. The number of carbonyl (C=O) groups is 1. The highest BCUT2D eigenvalue weighted by Crippen LogP contribution is 2.21. The molecule has 0 radical (unpaired) electrons. The number of aliphatic hydroxyl groups excluding tert-OH is 1. The van der Waals surface area contributed by atoms with Gasteiger partial charge >= 0.3 is 5.97 Å². The van der Waals surface area contributed by atoms with E-state index in [1.807, 2.05) is 0 Å². The molecule has 0 aliphatic rings. The maximum atomic E-state index is 13.5. The first-order valence-corrected chi connectivity index (χ1v) is 5.70. The molecule has 0 spiro atoms. The third-order valence-corrected chi connectivity index (χ3v) is 2.15. The van der Waals surface area contributed by atoms with Gasteiger partial charge in [-0.3, -0.25) is 0 Å². The number of esters is 1. The highest BCUT2D eigenvalue weighted by atomic mass is 19.1. The minimum atomic E-state index is -0.884. The highest BCUT2D eigenvalue weighted by molar-refractivity contribution is 5.71. The number of halogens is 1. The number of aliphatic hydroxyl groups is 1. The van der Waals surface area contributed by atoms with E-state index in [0.717, 1.165) is 6.07 Å². The first kappa shape index (κ1) is 14.4. The molecule has 1 aromatic rings. The van der Waals surface area contributed by atoms with Crippen molar-refractivity contribution in [1.29, 1.82) is 0 Å². The summed E-state index contributed by atoms with van der Waals surface area (Å²) in [5.74, 6) is -0.859. The van der Waals surface area contributed by atoms with Crippen LogP contribution < -0.4 is 4.74 Å². The Labute approximate surface area is 105 Å². The molecular formula is C13H17FO4. The van der Waals surface area contributed by atoms with E-state index < -0.39 is 17.9 Å². The fraction of sp³-hybridized carbons (Fsp3) is 0.462. The lowest BCUT2D eigenvalue weighted by atomic mass is 10.1. The van der Waals surface area contributed by atoms with Crippen LogP contribution in [0.25, 0.3) is 0 Å². The van der Waals surface area contributed by atoms with E-state index in [0.29, 0.717) is 0 Å². The van der Waals surface area contributed by atoms with Crippen LogP contribution in [0.2, 0.25) is 0 Å². The second-order valence-corrected chi connectivity index (χ2v) is 4.19. The Hall–Kier alpha value is -1.62. The van der Waals surface area contributed by atoms with Gasteiger partial charge in [-0.1, -0.05) is 0 Å². The van der Waals surface area contributed by atoms with E-state index in [4.69, 9.17) is 9.47 Å². The quantitative estimate of drug-likeness (QED) is 0.821. The van der Waals surface area contributed by atoms with Gasteiger partial charge in [-0.15, -0.1) is 0 Å². The molecule has 0 unspecified atom stereocenters. The summed E-state index contributed by atoms with van der Waals surface area (Å²) in [5, 5.41) is 9.26. The number of ether oxygens (including phenoxy) is 2. The Bertz CT molecular complexity index is 415. The van der Waals surface area contributed by atoms with Crippen LogP contribution in [0, 0.1) is 5.82 Å².